The maximum absolute atomic E-state index is 12.4. The molecule has 0 bridgehead atoms. The van der Waals surface area contributed by atoms with Gasteiger partial charge in [-0.2, -0.15) is 13.2 Å². The highest BCUT2D eigenvalue weighted by Crippen LogP contribution is 2.29. The fourth-order valence-electron chi connectivity index (χ4n) is 1.24. The van der Waals surface area contributed by atoms with E-state index >= 15 is 0 Å². The first-order valence-electron chi connectivity index (χ1n) is 5.39. The lowest BCUT2D eigenvalue weighted by atomic mass is 10.1. The summed E-state index contributed by atoms with van der Waals surface area (Å²) in [5.41, 5.74) is -1.26. The molecular formula is C13H10F3NO3. The summed E-state index contributed by atoms with van der Waals surface area (Å²) in [4.78, 5) is 22.6. The first-order chi connectivity index (χ1) is 9.34. The highest BCUT2D eigenvalue weighted by Gasteiger charge is 2.31. The second kappa shape index (κ2) is 6.61. The summed E-state index contributed by atoms with van der Waals surface area (Å²) in [6.07, 6.45) is 0.347. The zero-order chi connectivity index (χ0) is 15.2. The molecule has 0 spiro atoms. The fraction of sp³-hybridized carbons (Fsp3) is 0.231. The van der Waals surface area contributed by atoms with Gasteiger partial charge in [0, 0.05) is 0 Å². The zero-order valence-electron chi connectivity index (χ0n) is 10.2. The van der Waals surface area contributed by atoms with E-state index in [2.05, 4.69) is 16.0 Å². The number of carbonyl (C=O) groups is 2. The van der Waals surface area contributed by atoms with Crippen molar-refractivity contribution < 1.29 is 27.5 Å². The third kappa shape index (κ3) is 4.65. The molecule has 1 amide bonds. The van der Waals surface area contributed by atoms with Crippen LogP contribution in [0.4, 0.5) is 13.2 Å². The molecule has 4 nitrogen and oxygen atoms in total. The summed E-state index contributed by atoms with van der Waals surface area (Å²) >= 11 is 0. The van der Waals surface area contributed by atoms with Crippen LogP contribution in [0.3, 0.4) is 0 Å². The van der Waals surface area contributed by atoms with Gasteiger partial charge in [-0.3, -0.25) is 4.79 Å². The molecule has 0 heterocycles. The van der Waals surface area contributed by atoms with E-state index in [0.717, 1.165) is 18.2 Å². The van der Waals surface area contributed by atoms with Crippen LogP contribution in [0.1, 0.15) is 15.9 Å². The Morgan fingerprint density at radius 3 is 2.65 bits per heavy atom. The predicted molar refractivity (Wildman–Crippen MR) is 63.6 cm³/mol. The van der Waals surface area contributed by atoms with E-state index in [4.69, 9.17) is 6.42 Å². The largest absolute Gasteiger partial charge is 0.452 e. The van der Waals surface area contributed by atoms with Crippen molar-refractivity contribution >= 4 is 11.9 Å². The molecule has 106 valence electrons. The summed E-state index contributed by atoms with van der Waals surface area (Å²) in [5, 5.41) is 2.24. The van der Waals surface area contributed by atoms with Crippen LogP contribution in [0, 0.1) is 12.3 Å². The van der Waals surface area contributed by atoms with Gasteiger partial charge in [0.15, 0.2) is 6.61 Å². The van der Waals surface area contributed by atoms with Crippen LogP contribution in [0.25, 0.3) is 0 Å². The number of nitrogens with one attached hydrogen (secondary N) is 1. The van der Waals surface area contributed by atoms with E-state index in [-0.39, 0.29) is 12.1 Å². The van der Waals surface area contributed by atoms with Gasteiger partial charge in [0.05, 0.1) is 17.7 Å². The van der Waals surface area contributed by atoms with Crippen molar-refractivity contribution in [1.29, 1.82) is 0 Å². The van der Waals surface area contributed by atoms with Crippen LogP contribution in [-0.4, -0.2) is 25.0 Å². The van der Waals surface area contributed by atoms with E-state index in [1.165, 1.54) is 0 Å². The van der Waals surface area contributed by atoms with Crippen molar-refractivity contribution in [2.45, 2.75) is 6.18 Å². The number of amides is 1. The van der Waals surface area contributed by atoms with Gasteiger partial charge in [-0.1, -0.05) is 12.0 Å². The van der Waals surface area contributed by atoms with Gasteiger partial charge < -0.3 is 10.1 Å². The molecule has 1 aromatic carbocycles. The number of alkyl halides is 3. The van der Waals surface area contributed by atoms with Gasteiger partial charge in [0.2, 0.25) is 0 Å². The molecule has 0 aliphatic rings. The Bertz CT molecular complexity index is 547. The molecule has 0 unspecified atom stereocenters. The summed E-state index contributed by atoms with van der Waals surface area (Å²) in [5.74, 6) is 0.487. The van der Waals surface area contributed by atoms with Crippen LogP contribution in [0.2, 0.25) is 0 Å². The topological polar surface area (TPSA) is 55.4 Å². The lowest BCUT2D eigenvalue weighted by Crippen LogP contribution is -2.29. The molecule has 1 aromatic rings. The highest BCUT2D eigenvalue weighted by atomic mass is 19.4. The number of rotatable bonds is 4. The number of benzene rings is 1. The molecule has 20 heavy (non-hydrogen) atoms. The first kappa shape index (κ1) is 15.6. The van der Waals surface area contributed by atoms with Gasteiger partial charge in [-0.25, -0.2) is 4.79 Å². The number of ether oxygens (including phenoxy) is 1. The average Bonchev–Trinajstić information content (AvgIpc) is 2.41. The van der Waals surface area contributed by atoms with Crippen molar-refractivity contribution in [2.24, 2.45) is 0 Å². The van der Waals surface area contributed by atoms with E-state index in [0.29, 0.717) is 6.07 Å². The molecule has 7 heteroatoms. The van der Waals surface area contributed by atoms with Crippen LogP contribution in [-0.2, 0) is 15.7 Å². The van der Waals surface area contributed by atoms with Gasteiger partial charge in [0.25, 0.3) is 5.91 Å². The van der Waals surface area contributed by atoms with E-state index < -0.39 is 30.2 Å². The monoisotopic (exact) mass is 285 g/mol. The Hall–Kier alpha value is -2.49. The Balaban J connectivity index is 2.65. The Labute approximate surface area is 112 Å². The van der Waals surface area contributed by atoms with Crippen molar-refractivity contribution in [3.8, 4) is 12.3 Å². The van der Waals surface area contributed by atoms with Gasteiger partial charge in [-0.15, -0.1) is 6.42 Å². The third-order valence-corrected chi connectivity index (χ3v) is 2.15. The molecule has 1 N–H and O–H groups in total. The molecule has 0 saturated heterocycles. The molecular weight excluding hydrogens is 275 g/mol. The minimum absolute atomic E-state index is 0.0278. The predicted octanol–water partition coefficient (Wildman–Crippen LogP) is 1.61. The quantitative estimate of drug-likeness (QED) is 0.675. The molecule has 0 aliphatic heterocycles. The van der Waals surface area contributed by atoms with E-state index in [1.807, 2.05) is 0 Å². The second-order valence-electron chi connectivity index (χ2n) is 3.64. The van der Waals surface area contributed by atoms with Crippen LogP contribution in [0.5, 0.6) is 0 Å². The van der Waals surface area contributed by atoms with Crippen molar-refractivity contribution in [3.63, 3.8) is 0 Å². The van der Waals surface area contributed by atoms with Crippen molar-refractivity contribution in [1.82, 2.24) is 5.32 Å². The molecule has 0 aromatic heterocycles. The highest BCUT2D eigenvalue weighted by molar-refractivity contribution is 5.91. The third-order valence-electron chi connectivity index (χ3n) is 2.15. The lowest BCUT2D eigenvalue weighted by molar-refractivity contribution is -0.137. The smallest absolute Gasteiger partial charge is 0.416 e. The summed E-state index contributed by atoms with van der Waals surface area (Å²) in [6, 6.07) is 3.73. The van der Waals surface area contributed by atoms with Crippen LogP contribution < -0.4 is 5.32 Å². The first-order valence-corrected chi connectivity index (χ1v) is 5.39. The average molecular weight is 285 g/mol. The maximum atomic E-state index is 12.4. The number of hydrogen-bond acceptors (Lipinski definition) is 3. The summed E-state index contributed by atoms with van der Waals surface area (Å²) in [7, 11) is 0. The van der Waals surface area contributed by atoms with Crippen LogP contribution in [0.15, 0.2) is 24.3 Å². The van der Waals surface area contributed by atoms with Crippen molar-refractivity contribution in [3.05, 3.63) is 35.4 Å². The second-order valence-corrected chi connectivity index (χ2v) is 3.64. The Morgan fingerprint density at radius 1 is 1.35 bits per heavy atom. The zero-order valence-corrected chi connectivity index (χ0v) is 10.2. The SMILES string of the molecule is C#CCNC(=O)COC(=O)c1cccc(C(F)(F)F)c1. The minimum Gasteiger partial charge on any atom is -0.452 e. The fourth-order valence-corrected chi connectivity index (χ4v) is 1.24. The molecule has 0 radical (unpaired) electrons. The van der Waals surface area contributed by atoms with E-state index in [1.54, 1.807) is 0 Å². The molecule has 0 saturated carbocycles. The molecule has 0 aliphatic carbocycles. The van der Waals surface area contributed by atoms with Gasteiger partial charge in [-0.05, 0) is 18.2 Å². The number of halogens is 3. The summed E-state index contributed by atoms with van der Waals surface area (Å²) in [6.45, 7) is -0.642. The van der Waals surface area contributed by atoms with Gasteiger partial charge >= 0.3 is 12.1 Å². The van der Waals surface area contributed by atoms with Crippen molar-refractivity contribution in [2.75, 3.05) is 13.2 Å². The standard InChI is InChI=1S/C13H10F3NO3/c1-2-6-17-11(18)8-20-12(19)9-4-3-5-10(7-9)13(14,15)16/h1,3-5,7H,6,8H2,(H,17,18). The Kier molecular flexibility index (Phi) is 5.15. The number of esters is 1. The lowest BCUT2D eigenvalue weighted by Gasteiger charge is -2.08. The molecule has 0 atom stereocenters. The normalized spacial score (nSPS) is 10.5. The number of hydrogen-bond donors (Lipinski definition) is 1. The van der Waals surface area contributed by atoms with Crippen LogP contribution >= 0.6 is 0 Å². The number of terminal acetylenes is 1. The minimum atomic E-state index is -4.56. The maximum Gasteiger partial charge on any atom is 0.416 e. The number of carbonyl (C=O) groups excluding carboxylic acids is 2. The van der Waals surface area contributed by atoms with E-state index in [9.17, 15) is 22.8 Å². The molecule has 0 fully saturated rings. The molecule has 1 rings (SSSR count). The Morgan fingerprint density at radius 2 is 2.05 bits per heavy atom. The summed E-state index contributed by atoms with van der Waals surface area (Å²) < 4.78 is 41.9. The van der Waals surface area contributed by atoms with Gasteiger partial charge in [0.1, 0.15) is 0 Å².